The van der Waals surface area contributed by atoms with Crippen molar-refractivity contribution in [3.63, 3.8) is 0 Å². The first kappa shape index (κ1) is 80.2. The fourth-order valence-electron chi connectivity index (χ4n) is 10.9. The molecule has 80 heavy (non-hydrogen) atoms. The molecule has 0 aliphatic heterocycles. The van der Waals surface area contributed by atoms with Crippen LogP contribution in [0, 0.1) is 0 Å². The summed E-state index contributed by atoms with van der Waals surface area (Å²) < 4.78 is 10.9. The molecule has 0 amide bonds. The summed E-state index contributed by atoms with van der Waals surface area (Å²) in [5, 5.41) is 0. The van der Waals surface area contributed by atoms with Gasteiger partial charge in [-0.15, -0.1) is 0 Å². The Bertz CT molecular complexity index is 1220. The summed E-state index contributed by atoms with van der Waals surface area (Å²) in [6, 6.07) is 0. The lowest BCUT2D eigenvalue weighted by atomic mass is 10.0. The number of hydrogen-bond donors (Lipinski definition) is 0. The number of ether oxygens (including phenoxy) is 2. The molecule has 0 heterocycles. The van der Waals surface area contributed by atoms with Gasteiger partial charge in [-0.05, 0) is 83.5 Å². The van der Waals surface area contributed by atoms with Crippen LogP contribution in [-0.2, 0) is 19.1 Å². The highest BCUT2D eigenvalue weighted by Gasteiger charge is 2.05. The van der Waals surface area contributed by atoms with Gasteiger partial charge < -0.3 is 9.47 Å². The molecule has 0 aromatic carbocycles. The highest BCUT2D eigenvalue weighted by molar-refractivity contribution is 5.69. The Morgan fingerprint density at radius 3 is 0.637 bits per heavy atom. The summed E-state index contributed by atoms with van der Waals surface area (Å²) in [6.45, 7) is 10.4. The highest BCUT2D eigenvalue weighted by atomic mass is 16.5. The molecular formula is C76H146O4. The van der Waals surface area contributed by atoms with Gasteiger partial charge in [-0.3, -0.25) is 9.59 Å². The van der Waals surface area contributed by atoms with E-state index in [1.165, 1.54) is 353 Å². The minimum absolute atomic E-state index is 0.0172. The number of carbonyl (C=O) groups is 2. The lowest BCUT2D eigenvalue weighted by Gasteiger charge is -2.05. The molecule has 0 spiro atoms. The average molecular weight is 1120 g/mol. The van der Waals surface area contributed by atoms with Crippen LogP contribution in [-0.4, -0.2) is 25.2 Å². The largest absolute Gasteiger partial charge is 0.466 e. The van der Waals surface area contributed by atoms with E-state index >= 15 is 0 Å². The molecule has 0 fully saturated rings. The first-order chi connectivity index (χ1) is 39.6. The van der Waals surface area contributed by atoms with E-state index in [-0.39, 0.29) is 11.9 Å². The summed E-state index contributed by atoms with van der Waals surface area (Å²) in [5.74, 6) is 0.0391. The van der Waals surface area contributed by atoms with Crippen LogP contribution in [0.15, 0.2) is 36.5 Å². The van der Waals surface area contributed by atoms with E-state index in [0.29, 0.717) is 26.1 Å². The fourth-order valence-corrected chi connectivity index (χ4v) is 10.9. The predicted molar refractivity (Wildman–Crippen MR) is 358 cm³/mol. The van der Waals surface area contributed by atoms with Gasteiger partial charge in [0.1, 0.15) is 0 Å². The molecule has 0 saturated heterocycles. The van der Waals surface area contributed by atoms with Crippen molar-refractivity contribution >= 4 is 11.9 Å². The standard InChI is InChI=1S/C38H74O2.C38H72O2/c2*1-3-5-7-9-11-13-15-17-19-21-22-24-26-28-30-32-34-36-38(39)40-37-35-33-31-29-27-25-23-20-18-16-14-12-10-8-6-4-2/h18,20H,3-17,19,21-37H2,1-2H3;12,14,18,20H,3-11,13,15-17,19,21-37H2,1-2H3/b20-18-;14-12-,20-18-. The van der Waals surface area contributed by atoms with E-state index in [0.717, 1.165) is 32.1 Å². The Morgan fingerprint density at radius 2 is 0.388 bits per heavy atom. The van der Waals surface area contributed by atoms with Gasteiger partial charge in [0.05, 0.1) is 13.2 Å². The molecule has 0 N–H and O–H groups in total. The van der Waals surface area contributed by atoms with Crippen LogP contribution in [0.5, 0.6) is 0 Å². The number of hydrogen-bond acceptors (Lipinski definition) is 4. The van der Waals surface area contributed by atoms with Gasteiger partial charge in [0.25, 0.3) is 0 Å². The second kappa shape index (κ2) is 77.2. The molecule has 0 aromatic rings. The molecule has 0 rings (SSSR count). The molecule has 0 aromatic heterocycles. The summed E-state index contributed by atoms with van der Waals surface area (Å²) in [6.07, 6.45) is 95.2. The lowest BCUT2D eigenvalue weighted by Crippen LogP contribution is -2.05. The quantitative estimate of drug-likeness (QED) is 0.0346. The van der Waals surface area contributed by atoms with Crippen LogP contribution in [0.2, 0.25) is 0 Å². The van der Waals surface area contributed by atoms with Gasteiger partial charge in [-0.25, -0.2) is 0 Å². The van der Waals surface area contributed by atoms with E-state index in [1.54, 1.807) is 0 Å². The van der Waals surface area contributed by atoms with Gasteiger partial charge in [-0.2, -0.15) is 0 Å². The van der Waals surface area contributed by atoms with E-state index in [9.17, 15) is 9.59 Å². The van der Waals surface area contributed by atoms with Gasteiger partial charge in [0, 0.05) is 12.8 Å². The Labute approximate surface area is 504 Å². The molecule has 0 saturated carbocycles. The molecule has 0 unspecified atom stereocenters. The summed E-state index contributed by atoms with van der Waals surface area (Å²) in [4.78, 5) is 23.9. The zero-order valence-corrected chi connectivity index (χ0v) is 55.4. The molecule has 0 radical (unpaired) electrons. The van der Waals surface area contributed by atoms with E-state index in [4.69, 9.17) is 9.47 Å². The molecule has 0 atom stereocenters. The number of allylic oxidation sites excluding steroid dienone is 6. The predicted octanol–water partition coefficient (Wildman–Crippen LogP) is 27.0. The van der Waals surface area contributed by atoms with Gasteiger partial charge >= 0.3 is 11.9 Å². The normalized spacial score (nSPS) is 11.7. The van der Waals surface area contributed by atoms with Crippen molar-refractivity contribution in [2.75, 3.05) is 13.2 Å². The van der Waals surface area contributed by atoms with Crippen molar-refractivity contribution < 1.29 is 19.1 Å². The lowest BCUT2D eigenvalue weighted by molar-refractivity contribution is -0.144. The molecular weight excluding hydrogens is 977 g/mol. The van der Waals surface area contributed by atoms with Crippen molar-refractivity contribution in [2.45, 2.75) is 426 Å². The van der Waals surface area contributed by atoms with Gasteiger partial charge in [-0.1, -0.05) is 366 Å². The zero-order valence-electron chi connectivity index (χ0n) is 55.4. The second-order valence-electron chi connectivity index (χ2n) is 24.8. The first-order valence-corrected chi connectivity index (χ1v) is 36.9. The molecule has 0 aliphatic carbocycles. The Morgan fingerprint density at radius 1 is 0.212 bits per heavy atom. The summed E-state index contributed by atoms with van der Waals surface area (Å²) >= 11 is 0. The van der Waals surface area contributed by atoms with Gasteiger partial charge in [0.15, 0.2) is 0 Å². The Balaban J connectivity index is 0. The van der Waals surface area contributed by atoms with Crippen molar-refractivity contribution in [3.05, 3.63) is 36.5 Å². The molecule has 0 bridgehead atoms. The molecule has 4 heteroatoms. The second-order valence-corrected chi connectivity index (χ2v) is 24.8. The third-order valence-corrected chi connectivity index (χ3v) is 16.5. The molecule has 4 nitrogen and oxygen atoms in total. The Kier molecular flexibility index (Phi) is 77.4. The van der Waals surface area contributed by atoms with E-state index < -0.39 is 0 Å². The minimum Gasteiger partial charge on any atom is -0.466 e. The monoisotopic (exact) mass is 1120 g/mol. The SMILES string of the molecule is CCCCC/C=C\C/C=C\CCCCCCCCOC(=O)CCCCCCCCCCCCCCCCCCC.CCCCCCCC/C=C\CCCCCCCCOC(=O)CCCCCCCCCCCCCCCCCCC. The maximum Gasteiger partial charge on any atom is 0.305 e. The van der Waals surface area contributed by atoms with Crippen molar-refractivity contribution in [1.82, 2.24) is 0 Å². The number of rotatable bonds is 67. The topological polar surface area (TPSA) is 52.6 Å². The van der Waals surface area contributed by atoms with Crippen LogP contribution in [0.1, 0.15) is 426 Å². The summed E-state index contributed by atoms with van der Waals surface area (Å²) in [5.41, 5.74) is 0. The highest BCUT2D eigenvalue weighted by Crippen LogP contribution is 2.18. The van der Waals surface area contributed by atoms with E-state index in [1.807, 2.05) is 0 Å². The Hall–Kier alpha value is -1.84. The maximum absolute atomic E-state index is 11.9. The maximum atomic E-state index is 11.9. The van der Waals surface area contributed by atoms with E-state index in [2.05, 4.69) is 64.2 Å². The van der Waals surface area contributed by atoms with Crippen LogP contribution in [0.4, 0.5) is 0 Å². The third kappa shape index (κ3) is 78.2. The van der Waals surface area contributed by atoms with Crippen molar-refractivity contribution in [3.8, 4) is 0 Å². The molecule has 0 aliphatic rings. The van der Waals surface area contributed by atoms with Crippen LogP contribution >= 0.6 is 0 Å². The average Bonchev–Trinajstić information content (AvgIpc) is 3.46. The number of unbranched alkanes of at least 4 members (excludes halogenated alkanes) is 53. The van der Waals surface area contributed by atoms with Gasteiger partial charge in [0.2, 0.25) is 0 Å². The summed E-state index contributed by atoms with van der Waals surface area (Å²) in [7, 11) is 0. The first-order valence-electron chi connectivity index (χ1n) is 36.9. The number of carbonyl (C=O) groups excluding carboxylic acids is 2. The van der Waals surface area contributed by atoms with Crippen LogP contribution in [0.25, 0.3) is 0 Å². The van der Waals surface area contributed by atoms with Crippen LogP contribution in [0.3, 0.4) is 0 Å². The minimum atomic E-state index is 0.0172. The number of esters is 2. The van der Waals surface area contributed by atoms with Crippen molar-refractivity contribution in [1.29, 1.82) is 0 Å². The van der Waals surface area contributed by atoms with Crippen LogP contribution < -0.4 is 0 Å². The fraction of sp³-hybridized carbons (Fsp3) is 0.895. The smallest absolute Gasteiger partial charge is 0.305 e. The zero-order chi connectivity index (χ0) is 58.1. The van der Waals surface area contributed by atoms with Crippen molar-refractivity contribution in [2.24, 2.45) is 0 Å². The molecule has 474 valence electrons. The third-order valence-electron chi connectivity index (χ3n) is 16.5.